The third-order valence-electron chi connectivity index (χ3n) is 5.17. The number of H-pyrrole nitrogens is 1. The van der Waals surface area contributed by atoms with E-state index in [0.29, 0.717) is 5.56 Å². The average Bonchev–Trinajstić information content (AvgIpc) is 3.08. The van der Waals surface area contributed by atoms with Gasteiger partial charge in [-0.1, -0.05) is 12.1 Å². The first kappa shape index (κ1) is 15.7. The Balaban J connectivity index is 1.50. The highest BCUT2D eigenvalue weighted by atomic mass is 16.2. The summed E-state index contributed by atoms with van der Waals surface area (Å²) >= 11 is 0. The first-order chi connectivity index (χ1) is 12.1. The molecule has 1 amide bonds. The van der Waals surface area contributed by atoms with Crippen LogP contribution >= 0.6 is 0 Å². The molecule has 1 fully saturated rings. The molecule has 4 rings (SSSR count). The fourth-order valence-corrected chi connectivity index (χ4v) is 3.53. The molecule has 0 aliphatic carbocycles. The Bertz CT molecular complexity index is 922. The zero-order valence-corrected chi connectivity index (χ0v) is 14.6. The summed E-state index contributed by atoms with van der Waals surface area (Å²) in [4.78, 5) is 24.6. The predicted molar refractivity (Wildman–Crippen MR) is 100 cm³/mol. The van der Waals surface area contributed by atoms with E-state index in [9.17, 15) is 4.79 Å². The van der Waals surface area contributed by atoms with Crippen LogP contribution in [-0.4, -0.2) is 47.0 Å². The molecule has 0 unspecified atom stereocenters. The van der Waals surface area contributed by atoms with Gasteiger partial charge in [-0.15, -0.1) is 0 Å². The van der Waals surface area contributed by atoms with E-state index >= 15 is 0 Å². The molecular weight excluding hydrogens is 312 g/mol. The van der Waals surface area contributed by atoms with Crippen LogP contribution in [0.25, 0.3) is 11.0 Å². The summed E-state index contributed by atoms with van der Waals surface area (Å²) in [5.41, 5.74) is 5.39. The molecule has 1 aromatic carbocycles. The molecule has 0 bridgehead atoms. The van der Waals surface area contributed by atoms with Gasteiger partial charge in [0, 0.05) is 49.6 Å². The molecule has 2 aromatic heterocycles. The number of nitrogens with zero attached hydrogens (tertiary/aromatic N) is 3. The van der Waals surface area contributed by atoms with Crippen molar-refractivity contribution in [3.05, 3.63) is 59.4 Å². The number of aryl methyl sites for hydroxylation is 1. The molecule has 0 saturated carbocycles. The van der Waals surface area contributed by atoms with Gasteiger partial charge in [-0.05, 0) is 43.2 Å². The smallest absolute Gasteiger partial charge is 0.256 e. The average molecular weight is 334 g/mol. The number of carbonyl (C=O) groups excluding carboxylic acids is 1. The van der Waals surface area contributed by atoms with Crippen LogP contribution in [0.1, 0.15) is 21.5 Å². The molecule has 1 N–H and O–H groups in total. The number of piperazine rings is 1. The van der Waals surface area contributed by atoms with Gasteiger partial charge in [0.05, 0.1) is 5.56 Å². The number of pyridine rings is 1. The molecule has 128 valence electrons. The number of rotatable bonds is 2. The number of anilines is 1. The summed E-state index contributed by atoms with van der Waals surface area (Å²) in [5, 5.41) is 0.893. The Labute approximate surface area is 147 Å². The lowest BCUT2D eigenvalue weighted by Gasteiger charge is -2.37. The summed E-state index contributed by atoms with van der Waals surface area (Å²) in [6.45, 7) is 7.50. The zero-order chi connectivity index (χ0) is 17.4. The standard InChI is InChI=1S/C20H22N4O/c1-14-5-3-7-18(15(14)2)23-9-11-24(12-10-23)20(25)17-13-22-19-16(17)6-4-8-21-19/h3-8,13H,9-12H2,1-2H3,(H,21,22). The topological polar surface area (TPSA) is 52.2 Å². The lowest BCUT2D eigenvalue weighted by molar-refractivity contribution is 0.0749. The highest BCUT2D eigenvalue weighted by molar-refractivity contribution is 6.05. The van der Waals surface area contributed by atoms with Crippen LogP contribution in [0, 0.1) is 13.8 Å². The van der Waals surface area contributed by atoms with Crippen molar-refractivity contribution in [3.63, 3.8) is 0 Å². The lowest BCUT2D eigenvalue weighted by atomic mass is 10.1. The molecule has 1 saturated heterocycles. The Morgan fingerprint density at radius 2 is 1.88 bits per heavy atom. The van der Waals surface area contributed by atoms with E-state index in [4.69, 9.17) is 0 Å². The van der Waals surface area contributed by atoms with E-state index in [0.717, 1.165) is 37.2 Å². The molecule has 1 aliphatic rings. The van der Waals surface area contributed by atoms with Gasteiger partial charge in [-0.3, -0.25) is 4.79 Å². The van der Waals surface area contributed by atoms with E-state index in [1.807, 2.05) is 17.0 Å². The largest absolute Gasteiger partial charge is 0.368 e. The second kappa shape index (κ2) is 6.24. The van der Waals surface area contributed by atoms with Gasteiger partial charge in [0.25, 0.3) is 5.91 Å². The second-order valence-corrected chi connectivity index (χ2v) is 6.60. The third-order valence-corrected chi connectivity index (χ3v) is 5.17. The summed E-state index contributed by atoms with van der Waals surface area (Å²) in [6.07, 6.45) is 3.51. The molecule has 0 spiro atoms. The van der Waals surface area contributed by atoms with Crippen molar-refractivity contribution in [3.8, 4) is 0 Å². The first-order valence-electron chi connectivity index (χ1n) is 8.67. The molecule has 5 heteroatoms. The minimum absolute atomic E-state index is 0.0832. The zero-order valence-electron chi connectivity index (χ0n) is 14.6. The summed E-state index contributed by atoms with van der Waals surface area (Å²) in [7, 11) is 0. The van der Waals surface area contributed by atoms with Gasteiger partial charge in [0.15, 0.2) is 0 Å². The number of amides is 1. The van der Waals surface area contributed by atoms with Crippen LogP contribution in [-0.2, 0) is 0 Å². The SMILES string of the molecule is Cc1cccc(N2CCN(C(=O)c3c[nH]c4ncccc34)CC2)c1C. The van der Waals surface area contributed by atoms with Crippen LogP contribution in [0.15, 0.2) is 42.7 Å². The summed E-state index contributed by atoms with van der Waals surface area (Å²) in [5.74, 6) is 0.0832. The van der Waals surface area contributed by atoms with Crippen molar-refractivity contribution in [2.45, 2.75) is 13.8 Å². The monoisotopic (exact) mass is 334 g/mol. The normalized spacial score (nSPS) is 15.0. The number of aromatic amines is 1. The fourth-order valence-electron chi connectivity index (χ4n) is 3.53. The van der Waals surface area contributed by atoms with Gasteiger partial charge in [0.2, 0.25) is 0 Å². The van der Waals surface area contributed by atoms with Crippen molar-refractivity contribution in [2.24, 2.45) is 0 Å². The van der Waals surface area contributed by atoms with Crippen molar-refractivity contribution in [1.82, 2.24) is 14.9 Å². The van der Waals surface area contributed by atoms with E-state index in [-0.39, 0.29) is 5.91 Å². The molecule has 0 radical (unpaired) electrons. The van der Waals surface area contributed by atoms with E-state index < -0.39 is 0 Å². The van der Waals surface area contributed by atoms with Crippen LogP contribution in [0.5, 0.6) is 0 Å². The number of fused-ring (bicyclic) bond motifs is 1. The first-order valence-corrected chi connectivity index (χ1v) is 8.67. The Hall–Kier alpha value is -2.82. The Morgan fingerprint density at radius 3 is 2.68 bits per heavy atom. The Kier molecular flexibility index (Phi) is 3.92. The number of hydrogen-bond donors (Lipinski definition) is 1. The van der Waals surface area contributed by atoms with Crippen molar-refractivity contribution in [1.29, 1.82) is 0 Å². The molecular formula is C20H22N4O. The van der Waals surface area contributed by atoms with Crippen LogP contribution in [0.3, 0.4) is 0 Å². The molecule has 1 aliphatic heterocycles. The third kappa shape index (κ3) is 2.76. The maximum absolute atomic E-state index is 12.9. The second-order valence-electron chi connectivity index (χ2n) is 6.60. The van der Waals surface area contributed by atoms with Gasteiger partial charge in [-0.25, -0.2) is 4.98 Å². The minimum atomic E-state index is 0.0832. The number of nitrogens with one attached hydrogen (secondary N) is 1. The summed E-state index contributed by atoms with van der Waals surface area (Å²) < 4.78 is 0. The lowest BCUT2D eigenvalue weighted by Crippen LogP contribution is -2.49. The van der Waals surface area contributed by atoms with E-state index in [1.54, 1.807) is 12.4 Å². The molecule has 3 aromatic rings. The molecule has 0 atom stereocenters. The molecule has 3 heterocycles. The highest BCUT2D eigenvalue weighted by Gasteiger charge is 2.24. The Morgan fingerprint density at radius 1 is 1.08 bits per heavy atom. The molecule has 25 heavy (non-hydrogen) atoms. The van der Waals surface area contributed by atoms with Crippen LogP contribution in [0.4, 0.5) is 5.69 Å². The van der Waals surface area contributed by atoms with E-state index in [1.165, 1.54) is 16.8 Å². The number of benzene rings is 1. The van der Waals surface area contributed by atoms with Gasteiger partial charge in [0.1, 0.15) is 5.65 Å². The summed E-state index contributed by atoms with van der Waals surface area (Å²) in [6, 6.07) is 10.2. The van der Waals surface area contributed by atoms with Crippen molar-refractivity contribution >= 4 is 22.6 Å². The quantitative estimate of drug-likeness (QED) is 0.783. The maximum Gasteiger partial charge on any atom is 0.256 e. The number of carbonyl (C=O) groups is 1. The maximum atomic E-state index is 12.9. The van der Waals surface area contributed by atoms with Gasteiger partial charge in [-0.2, -0.15) is 0 Å². The fraction of sp³-hybridized carbons (Fsp3) is 0.300. The number of aromatic nitrogens is 2. The van der Waals surface area contributed by atoms with Crippen molar-refractivity contribution in [2.75, 3.05) is 31.1 Å². The minimum Gasteiger partial charge on any atom is -0.368 e. The van der Waals surface area contributed by atoms with Crippen molar-refractivity contribution < 1.29 is 4.79 Å². The van der Waals surface area contributed by atoms with Crippen LogP contribution < -0.4 is 4.90 Å². The van der Waals surface area contributed by atoms with Crippen LogP contribution in [0.2, 0.25) is 0 Å². The highest BCUT2D eigenvalue weighted by Crippen LogP contribution is 2.25. The predicted octanol–water partition coefficient (Wildman–Crippen LogP) is 3.14. The van der Waals surface area contributed by atoms with Gasteiger partial charge < -0.3 is 14.8 Å². The van der Waals surface area contributed by atoms with Gasteiger partial charge >= 0.3 is 0 Å². The molecule has 5 nitrogen and oxygen atoms in total. The van der Waals surface area contributed by atoms with E-state index in [2.05, 4.69) is 46.9 Å². The number of hydrogen-bond acceptors (Lipinski definition) is 3.